The molecule has 0 unspecified atom stereocenters. The highest BCUT2D eigenvalue weighted by Crippen LogP contribution is 2.36. The first kappa shape index (κ1) is 20.8. The average molecular weight is 430 g/mol. The first-order valence-electron chi connectivity index (χ1n) is 8.75. The summed E-state index contributed by atoms with van der Waals surface area (Å²) in [6, 6.07) is 8.86. The molecule has 0 bridgehead atoms. The van der Waals surface area contributed by atoms with Gasteiger partial charge >= 0.3 is 0 Å². The number of thiazole rings is 1. The van der Waals surface area contributed by atoms with Crippen LogP contribution in [-0.4, -0.2) is 29.3 Å². The number of phenols is 1. The van der Waals surface area contributed by atoms with Gasteiger partial charge < -0.3 is 9.84 Å². The van der Waals surface area contributed by atoms with Crippen molar-refractivity contribution >= 4 is 35.1 Å². The van der Waals surface area contributed by atoms with Crippen molar-refractivity contribution in [2.24, 2.45) is 5.10 Å². The lowest BCUT2D eigenvalue weighted by Gasteiger charge is -2.05. The lowest BCUT2D eigenvalue weighted by molar-refractivity contribution is 0.0958. The summed E-state index contributed by atoms with van der Waals surface area (Å²) in [5.41, 5.74) is 6.18. The predicted octanol–water partition coefficient (Wildman–Crippen LogP) is 4.87. The third-order valence-electron chi connectivity index (χ3n) is 4.29. The van der Waals surface area contributed by atoms with Crippen LogP contribution in [0.15, 0.2) is 35.4 Å². The molecule has 8 heteroatoms. The number of methoxy groups -OCH3 is 1. The number of aromatic nitrogens is 1. The van der Waals surface area contributed by atoms with E-state index < -0.39 is 0 Å². The Hall–Kier alpha value is -2.90. The maximum absolute atomic E-state index is 12.6. The second kappa shape index (κ2) is 8.63. The minimum Gasteiger partial charge on any atom is -0.507 e. The van der Waals surface area contributed by atoms with Crippen LogP contribution in [0.3, 0.4) is 0 Å². The fourth-order valence-electron chi connectivity index (χ4n) is 2.84. The summed E-state index contributed by atoms with van der Waals surface area (Å²) >= 11 is 7.27. The Bertz CT molecular complexity index is 1090. The zero-order valence-corrected chi connectivity index (χ0v) is 18.0. The fourth-order valence-corrected chi connectivity index (χ4v) is 3.99. The number of aromatic hydroxyl groups is 1. The molecule has 0 radical (unpaired) electrons. The molecule has 150 valence electrons. The lowest BCUT2D eigenvalue weighted by Crippen LogP contribution is -2.17. The lowest BCUT2D eigenvalue weighted by atomic mass is 10.1. The van der Waals surface area contributed by atoms with E-state index in [4.69, 9.17) is 16.3 Å². The molecule has 2 aromatic carbocycles. The van der Waals surface area contributed by atoms with Gasteiger partial charge in [0.15, 0.2) is 0 Å². The molecule has 0 atom stereocenters. The quantitative estimate of drug-likeness (QED) is 0.447. The van der Waals surface area contributed by atoms with Crippen molar-refractivity contribution < 1.29 is 14.6 Å². The SMILES string of the molecule is COc1cc(Cl)ccc1-c1nc(C)c(C(=O)N/N=C/c2cc(C)c(O)c(C)c2)s1. The van der Waals surface area contributed by atoms with Crippen molar-refractivity contribution in [3.8, 4) is 22.1 Å². The predicted molar refractivity (Wildman–Crippen MR) is 116 cm³/mol. The Morgan fingerprint density at radius 3 is 2.59 bits per heavy atom. The Balaban J connectivity index is 1.79. The van der Waals surface area contributed by atoms with Crippen LogP contribution in [0.5, 0.6) is 11.5 Å². The van der Waals surface area contributed by atoms with E-state index in [2.05, 4.69) is 15.5 Å². The highest BCUT2D eigenvalue weighted by Gasteiger charge is 2.18. The largest absolute Gasteiger partial charge is 0.507 e. The number of nitrogens with one attached hydrogen (secondary N) is 1. The van der Waals surface area contributed by atoms with Crippen molar-refractivity contribution in [3.05, 3.63) is 62.6 Å². The Morgan fingerprint density at radius 1 is 1.24 bits per heavy atom. The third-order valence-corrected chi connectivity index (χ3v) is 5.71. The highest BCUT2D eigenvalue weighted by molar-refractivity contribution is 7.17. The van der Waals surface area contributed by atoms with E-state index in [0.717, 1.165) is 22.3 Å². The van der Waals surface area contributed by atoms with Crippen molar-refractivity contribution in [3.63, 3.8) is 0 Å². The summed E-state index contributed by atoms with van der Waals surface area (Å²) in [5, 5.41) is 15.1. The first-order chi connectivity index (χ1) is 13.8. The smallest absolute Gasteiger partial charge is 0.283 e. The van der Waals surface area contributed by atoms with Gasteiger partial charge in [-0.15, -0.1) is 11.3 Å². The van der Waals surface area contributed by atoms with Gasteiger partial charge in [0.2, 0.25) is 0 Å². The first-order valence-corrected chi connectivity index (χ1v) is 9.94. The van der Waals surface area contributed by atoms with E-state index in [0.29, 0.717) is 26.4 Å². The Kier molecular flexibility index (Phi) is 6.20. The number of ether oxygens (including phenoxy) is 1. The van der Waals surface area contributed by atoms with Gasteiger partial charge in [-0.1, -0.05) is 11.6 Å². The molecular weight excluding hydrogens is 410 g/mol. The van der Waals surface area contributed by atoms with E-state index in [1.165, 1.54) is 17.6 Å². The highest BCUT2D eigenvalue weighted by atomic mass is 35.5. The minimum absolute atomic E-state index is 0.261. The number of benzene rings is 2. The number of carbonyl (C=O) groups excluding carboxylic acids is 1. The number of carbonyl (C=O) groups is 1. The standard InChI is InChI=1S/C21H20ClN3O3S/c1-11-7-14(8-12(2)18(11)26)10-23-25-20(27)19-13(3)24-21(29-19)16-6-5-15(22)9-17(16)28-4/h5-10,26H,1-4H3,(H,25,27)/b23-10+. The van der Waals surface area contributed by atoms with Crippen LogP contribution in [0, 0.1) is 20.8 Å². The molecule has 3 rings (SSSR count). The van der Waals surface area contributed by atoms with E-state index >= 15 is 0 Å². The summed E-state index contributed by atoms with van der Waals surface area (Å²) in [6.45, 7) is 5.39. The Labute approximate surface area is 177 Å². The molecule has 0 saturated carbocycles. The number of amides is 1. The van der Waals surface area contributed by atoms with Crippen LogP contribution in [0.2, 0.25) is 5.02 Å². The van der Waals surface area contributed by atoms with Gasteiger partial charge in [-0.2, -0.15) is 5.10 Å². The molecule has 6 nitrogen and oxygen atoms in total. The van der Waals surface area contributed by atoms with Crippen LogP contribution in [0.4, 0.5) is 0 Å². The van der Waals surface area contributed by atoms with E-state index in [1.54, 1.807) is 38.3 Å². The molecule has 1 aromatic heterocycles. The van der Waals surface area contributed by atoms with Gasteiger partial charge in [-0.05, 0) is 67.8 Å². The molecule has 3 aromatic rings. The number of hydrogen-bond donors (Lipinski definition) is 2. The minimum atomic E-state index is -0.345. The molecule has 0 aliphatic carbocycles. The summed E-state index contributed by atoms with van der Waals surface area (Å²) < 4.78 is 5.37. The monoisotopic (exact) mass is 429 g/mol. The van der Waals surface area contributed by atoms with Crippen LogP contribution in [0.25, 0.3) is 10.6 Å². The van der Waals surface area contributed by atoms with Crippen LogP contribution in [0.1, 0.15) is 32.1 Å². The molecule has 0 spiro atoms. The van der Waals surface area contributed by atoms with Gasteiger partial charge in [-0.3, -0.25) is 4.79 Å². The molecule has 0 fully saturated rings. The summed E-state index contributed by atoms with van der Waals surface area (Å²) in [6.07, 6.45) is 1.54. The summed E-state index contributed by atoms with van der Waals surface area (Å²) in [4.78, 5) is 17.5. The van der Waals surface area contributed by atoms with Gasteiger partial charge in [0.05, 0.1) is 24.6 Å². The average Bonchev–Trinajstić information content (AvgIpc) is 3.07. The van der Waals surface area contributed by atoms with E-state index in [1.807, 2.05) is 19.9 Å². The van der Waals surface area contributed by atoms with Gasteiger partial charge in [-0.25, -0.2) is 10.4 Å². The fraction of sp³-hybridized carbons (Fsp3) is 0.190. The van der Waals surface area contributed by atoms with Crippen molar-refractivity contribution in [1.29, 1.82) is 0 Å². The van der Waals surface area contributed by atoms with Gasteiger partial charge in [0.1, 0.15) is 21.4 Å². The molecule has 29 heavy (non-hydrogen) atoms. The maximum Gasteiger partial charge on any atom is 0.283 e. The molecular formula is C21H20ClN3O3S. The second-order valence-electron chi connectivity index (χ2n) is 6.48. The Morgan fingerprint density at radius 2 is 1.93 bits per heavy atom. The molecule has 0 aliphatic heterocycles. The zero-order valence-electron chi connectivity index (χ0n) is 16.4. The number of aryl methyl sites for hydroxylation is 3. The van der Waals surface area contributed by atoms with Crippen LogP contribution in [-0.2, 0) is 0 Å². The van der Waals surface area contributed by atoms with Crippen LogP contribution >= 0.6 is 22.9 Å². The molecule has 2 N–H and O–H groups in total. The van der Waals surface area contributed by atoms with Crippen molar-refractivity contribution in [1.82, 2.24) is 10.4 Å². The van der Waals surface area contributed by atoms with Gasteiger partial charge in [0, 0.05) is 5.02 Å². The molecule has 1 amide bonds. The normalized spacial score (nSPS) is 11.1. The van der Waals surface area contributed by atoms with Crippen molar-refractivity contribution in [2.45, 2.75) is 20.8 Å². The number of phenolic OH excluding ortho intramolecular Hbond substituents is 1. The zero-order chi connectivity index (χ0) is 21.1. The molecule has 0 aliphatic rings. The number of hydrazone groups is 1. The van der Waals surface area contributed by atoms with Gasteiger partial charge in [0.25, 0.3) is 5.91 Å². The number of halogens is 1. The second-order valence-corrected chi connectivity index (χ2v) is 7.92. The number of hydrogen-bond acceptors (Lipinski definition) is 6. The van der Waals surface area contributed by atoms with E-state index in [9.17, 15) is 9.90 Å². The van der Waals surface area contributed by atoms with Crippen molar-refractivity contribution in [2.75, 3.05) is 7.11 Å². The summed E-state index contributed by atoms with van der Waals surface area (Å²) in [5.74, 6) is 0.508. The van der Waals surface area contributed by atoms with E-state index in [-0.39, 0.29) is 11.7 Å². The topological polar surface area (TPSA) is 83.8 Å². The maximum atomic E-state index is 12.6. The molecule has 1 heterocycles. The van der Waals surface area contributed by atoms with Crippen LogP contribution < -0.4 is 10.2 Å². The summed E-state index contributed by atoms with van der Waals surface area (Å²) in [7, 11) is 1.56. The molecule has 0 saturated heterocycles. The number of rotatable bonds is 5. The third kappa shape index (κ3) is 4.58. The number of nitrogens with zero attached hydrogens (tertiary/aromatic N) is 2.